The van der Waals surface area contributed by atoms with Gasteiger partial charge in [-0.15, -0.1) is 0 Å². The van der Waals surface area contributed by atoms with Crippen molar-refractivity contribution in [2.75, 3.05) is 19.6 Å². The lowest BCUT2D eigenvalue weighted by Crippen LogP contribution is -2.50. The first kappa shape index (κ1) is 11.9. The Bertz CT molecular complexity index is 271. The zero-order valence-corrected chi connectivity index (χ0v) is 11.1. The predicted molar refractivity (Wildman–Crippen MR) is 68.7 cm³/mol. The maximum atomic E-state index is 6.39. The van der Waals surface area contributed by atoms with Crippen molar-refractivity contribution in [1.29, 1.82) is 0 Å². The van der Waals surface area contributed by atoms with Crippen molar-refractivity contribution in [3.05, 3.63) is 0 Å². The van der Waals surface area contributed by atoms with Gasteiger partial charge in [0.15, 0.2) is 0 Å². The summed E-state index contributed by atoms with van der Waals surface area (Å²) in [5.74, 6) is 2.51. The molecule has 1 aliphatic heterocycles. The highest BCUT2D eigenvalue weighted by Crippen LogP contribution is 2.47. The van der Waals surface area contributed by atoms with E-state index in [4.69, 9.17) is 10.5 Å². The summed E-state index contributed by atoms with van der Waals surface area (Å²) in [4.78, 5) is 2.59. The highest BCUT2D eigenvalue weighted by atomic mass is 16.5. The third-order valence-electron chi connectivity index (χ3n) is 5.12. The molecule has 3 heteroatoms. The number of nitrogens with two attached hydrogens (primary N) is 1. The second kappa shape index (κ2) is 4.52. The molecule has 3 aliphatic rings. The van der Waals surface area contributed by atoms with Crippen LogP contribution in [-0.4, -0.2) is 42.8 Å². The lowest BCUT2D eigenvalue weighted by atomic mass is 9.84. The molecule has 0 aromatic rings. The predicted octanol–water partition coefficient (Wildman–Crippen LogP) is 1.47. The molecule has 98 valence electrons. The number of rotatable bonds is 2. The Morgan fingerprint density at radius 3 is 2.35 bits per heavy atom. The third-order valence-corrected chi connectivity index (χ3v) is 5.12. The maximum absolute atomic E-state index is 6.39. The standard InChI is InChI=1S/C14H26N2O/c1-9-6-16(7-10(2)17-9)8-13-11-3-4-12(5-11)14(13)15/h9-14H,3-8,15H2,1-2H3/t9-,10+,11?,12?,13?,14?. The summed E-state index contributed by atoms with van der Waals surface area (Å²) in [7, 11) is 0. The minimum atomic E-state index is 0.383. The summed E-state index contributed by atoms with van der Waals surface area (Å²) < 4.78 is 5.80. The van der Waals surface area contributed by atoms with E-state index in [0.29, 0.717) is 18.2 Å². The molecule has 0 aromatic heterocycles. The van der Waals surface area contributed by atoms with E-state index in [1.54, 1.807) is 0 Å². The molecule has 3 rings (SSSR count). The lowest BCUT2D eigenvalue weighted by Gasteiger charge is -2.39. The summed E-state index contributed by atoms with van der Waals surface area (Å²) in [6.07, 6.45) is 4.99. The van der Waals surface area contributed by atoms with Gasteiger partial charge < -0.3 is 10.5 Å². The quantitative estimate of drug-likeness (QED) is 0.792. The minimum absolute atomic E-state index is 0.383. The van der Waals surface area contributed by atoms with E-state index < -0.39 is 0 Å². The number of hydrogen-bond acceptors (Lipinski definition) is 3. The van der Waals surface area contributed by atoms with Gasteiger partial charge in [-0.25, -0.2) is 0 Å². The van der Waals surface area contributed by atoms with Crippen LogP contribution in [0.4, 0.5) is 0 Å². The second-order valence-corrected chi connectivity index (χ2v) is 6.55. The molecule has 0 spiro atoms. The Kier molecular flexibility index (Phi) is 3.18. The Morgan fingerprint density at radius 1 is 1.12 bits per heavy atom. The lowest BCUT2D eigenvalue weighted by molar-refractivity contribution is -0.0737. The van der Waals surface area contributed by atoms with E-state index in [1.165, 1.54) is 25.8 Å². The first-order chi connectivity index (χ1) is 8.13. The van der Waals surface area contributed by atoms with E-state index in [-0.39, 0.29) is 0 Å². The molecule has 2 aliphatic carbocycles. The van der Waals surface area contributed by atoms with E-state index in [1.807, 2.05) is 0 Å². The van der Waals surface area contributed by atoms with Gasteiger partial charge in [-0.05, 0) is 50.9 Å². The van der Waals surface area contributed by atoms with Gasteiger partial charge in [0.05, 0.1) is 12.2 Å². The molecule has 2 bridgehead atoms. The molecule has 1 heterocycles. The summed E-state index contributed by atoms with van der Waals surface area (Å²) in [5, 5.41) is 0. The van der Waals surface area contributed by atoms with Crippen molar-refractivity contribution >= 4 is 0 Å². The Labute approximate surface area is 105 Å². The topological polar surface area (TPSA) is 38.5 Å². The van der Waals surface area contributed by atoms with Gasteiger partial charge >= 0.3 is 0 Å². The number of nitrogens with zero attached hydrogens (tertiary/aromatic N) is 1. The van der Waals surface area contributed by atoms with Gasteiger partial charge in [-0.1, -0.05) is 0 Å². The summed E-state index contributed by atoms with van der Waals surface area (Å²) >= 11 is 0. The maximum Gasteiger partial charge on any atom is 0.0678 e. The van der Waals surface area contributed by atoms with Crippen molar-refractivity contribution < 1.29 is 4.74 Å². The summed E-state index contributed by atoms with van der Waals surface area (Å²) in [6, 6.07) is 0.474. The van der Waals surface area contributed by atoms with Crippen LogP contribution in [0.2, 0.25) is 0 Å². The fourth-order valence-corrected chi connectivity index (χ4v) is 4.46. The van der Waals surface area contributed by atoms with Crippen LogP contribution in [0.5, 0.6) is 0 Å². The zero-order chi connectivity index (χ0) is 12.0. The van der Waals surface area contributed by atoms with Crippen molar-refractivity contribution in [2.45, 2.75) is 51.4 Å². The van der Waals surface area contributed by atoms with E-state index in [9.17, 15) is 0 Å². The van der Waals surface area contributed by atoms with Gasteiger partial charge in [0.1, 0.15) is 0 Å². The molecule has 4 unspecified atom stereocenters. The number of fused-ring (bicyclic) bond motifs is 2. The van der Waals surface area contributed by atoms with Crippen molar-refractivity contribution in [3.63, 3.8) is 0 Å². The molecule has 2 saturated carbocycles. The fourth-order valence-electron chi connectivity index (χ4n) is 4.46. The van der Waals surface area contributed by atoms with E-state index in [0.717, 1.165) is 30.8 Å². The zero-order valence-electron chi connectivity index (χ0n) is 11.1. The fraction of sp³-hybridized carbons (Fsp3) is 1.00. The average Bonchev–Trinajstić information content (AvgIpc) is 2.81. The van der Waals surface area contributed by atoms with Crippen LogP contribution in [-0.2, 0) is 4.74 Å². The van der Waals surface area contributed by atoms with E-state index >= 15 is 0 Å². The number of ether oxygens (including phenoxy) is 1. The van der Waals surface area contributed by atoms with Crippen LogP contribution in [0.25, 0.3) is 0 Å². The second-order valence-electron chi connectivity index (χ2n) is 6.55. The summed E-state index contributed by atoms with van der Waals surface area (Å²) in [6.45, 7) is 7.75. The number of hydrogen-bond donors (Lipinski definition) is 1. The van der Waals surface area contributed by atoms with Crippen LogP contribution in [0, 0.1) is 17.8 Å². The Morgan fingerprint density at radius 2 is 1.76 bits per heavy atom. The first-order valence-corrected chi connectivity index (χ1v) is 7.27. The summed E-state index contributed by atoms with van der Waals surface area (Å²) in [5.41, 5.74) is 6.39. The third kappa shape index (κ3) is 2.25. The van der Waals surface area contributed by atoms with Crippen molar-refractivity contribution in [2.24, 2.45) is 23.5 Å². The normalized spacial score (nSPS) is 51.0. The number of morpholine rings is 1. The first-order valence-electron chi connectivity index (χ1n) is 7.27. The molecule has 0 radical (unpaired) electrons. The SMILES string of the molecule is C[C@@H]1CN(CC2C3CCC(C3)C2N)C[C@H](C)O1. The van der Waals surface area contributed by atoms with Crippen LogP contribution in [0.1, 0.15) is 33.1 Å². The van der Waals surface area contributed by atoms with Crippen molar-refractivity contribution in [1.82, 2.24) is 4.90 Å². The Hall–Kier alpha value is -0.120. The molecule has 17 heavy (non-hydrogen) atoms. The average molecular weight is 238 g/mol. The smallest absolute Gasteiger partial charge is 0.0678 e. The largest absolute Gasteiger partial charge is 0.373 e. The minimum Gasteiger partial charge on any atom is -0.373 e. The van der Waals surface area contributed by atoms with Gasteiger partial charge in [0.25, 0.3) is 0 Å². The van der Waals surface area contributed by atoms with Crippen LogP contribution in [0.3, 0.4) is 0 Å². The van der Waals surface area contributed by atoms with Crippen LogP contribution in [0.15, 0.2) is 0 Å². The van der Waals surface area contributed by atoms with E-state index in [2.05, 4.69) is 18.7 Å². The monoisotopic (exact) mass is 238 g/mol. The highest BCUT2D eigenvalue weighted by molar-refractivity contribution is 5.00. The van der Waals surface area contributed by atoms with Gasteiger partial charge in [-0.3, -0.25) is 4.90 Å². The molecule has 0 aromatic carbocycles. The molecule has 2 N–H and O–H groups in total. The molecular weight excluding hydrogens is 212 g/mol. The van der Waals surface area contributed by atoms with Crippen molar-refractivity contribution in [3.8, 4) is 0 Å². The molecular formula is C14H26N2O. The molecule has 6 atom stereocenters. The molecule has 3 nitrogen and oxygen atoms in total. The molecule has 1 saturated heterocycles. The molecule has 0 amide bonds. The molecule has 3 fully saturated rings. The van der Waals surface area contributed by atoms with Crippen LogP contribution >= 0.6 is 0 Å². The van der Waals surface area contributed by atoms with Gasteiger partial charge in [-0.2, -0.15) is 0 Å². The van der Waals surface area contributed by atoms with Gasteiger partial charge in [0, 0.05) is 25.7 Å². The Balaban J connectivity index is 1.59. The van der Waals surface area contributed by atoms with Gasteiger partial charge in [0.2, 0.25) is 0 Å². The highest BCUT2D eigenvalue weighted by Gasteiger charge is 2.46. The van der Waals surface area contributed by atoms with Crippen LogP contribution < -0.4 is 5.73 Å².